The van der Waals surface area contributed by atoms with E-state index in [-0.39, 0.29) is 12.1 Å². The lowest BCUT2D eigenvalue weighted by molar-refractivity contribution is -0.385. The number of nitro benzene ring substituents is 1. The van der Waals surface area contributed by atoms with Crippen LogP contribution in [0.5, 0.6) is 0 Å². The van der Waals surface area contributed by atoms with Gasteiger partial charge in [-0.1, -0.05) is 18.2 Å². The summed E-state index contributed by atoms with van der Waals surface area (Å²) in [6.07, 6.45) is 0.276. The average Bonchev–Trinajstić information content (AvgIpc) is 2.64. The zero-order valence-corrected chi connectivity index (χ0v) is 8.58. The van der Waals surface area contributed by atoms with E-state index in [9.17, 15) is 10.1 Å². The number of nitrogens with zero attached hydrogens (tertiary/aromatic N) is 3. The predicted molar refractivity (Wildman–Crippen MR) is 54.9 cm³/mol. The molecular formula is C10H9N3O3. The van der Waals surface area contributed by atoms with E-state index in [2.05, 4.69) is 10.2 Å². The summed E-state index contributed by atoms with van der Waals surface area (Å²) < 4.78 is 5.18. The number of rotatable bonds is 3. The molecule has 0 amide bonds. The van der Waals surface area contributed by atoms with Crippen molar-refractivity contribution < 1.29 is 9.34 Å². The molecule has 82 valence electrons. The van der Waals surface area contributed by atoms with Crippen LogP contribution in [0.15, 0.2) is 28.7 Å². The molecule has 16 heavy (non-hydrogen) atoms. The minimum absolute atomic E-state index is 0.0679. The summed E-state index contributed by atoms with van der Waals surface area (Å²) in [6.45, 7) is 1.68. The summed E-state index contributed by atoms with van der Waals surface area (Å²) in [5, 5.41) is 18.2. The summed E-state index contributed by atoms with van der Waals surface area (Å²) >= 11 is 0. The number of hydrogen-bond donors (Lipinski definition) is 0. The second-order valence-corrected chi connectivity index (χ2v) is 3.28. The van der Waals surface area contributed by atoms with Crippen LogP contribution in [0.25, 0.3) is 0 Å². The first-order valence-corrected chi connectivity index (χ1v) is 4.68. The van der Waals surface area contributed by atoms with Crippen LogP contribution >= 0.6 is 0 Å². The second-order valence-electron chi connectivity index (χ2n) is 3.28. The molecule has 0 unspecified atom stereocenters. The summed E-state index contributed by atoms with van der Waals surface area (Å²) in [5.41, 5.74) is 0.634. The fourth-order valence-corrected chi connectivity index (χ4v) is 1.41. The van der Waals surface area contributed by atoms with Crippen LogP contribution in [0, 0.1) is 17.0 Å². The Morgan fingerprint density at radius 3 is 2.75 bits per heavy atom. The summed E-state index contributed by atoms with van der Waals surface area (Å²) in [5.74, 6) is 0.834. The Labute approximate surface area is 91.1 Å². The summed E-state index contributed by atoms with van der Waals surface area (Å²) in [6, 6.07) is 6.50. The van der Waals surface area contributed by atoms with Crippen molar-refractivity contribution in [3.63, 3.8) is 0 Å². The Morgan fingerprint density at radius 1 is 1.38 bits per heavy atom. The molecule has 1 aromatic carbocycles. The van der Waals surface area contributed by atoms with E-state index >= 15 is 0 Å². The van der Waals surface area contributed by atoms with Crippen molar-refractivity contribution in [3.05, 3.63) is 51.7 Å². The molecule has 6 heteroatoms. The lowest BCUT2D eigenvalue weighted by Crippen LogP contribution is -1.96. The standard InChI is InChI=1S/C10H9N3O3/c1-7-11-12-10(16-7)6-8-4-2-3-5-9(8)13(14)15/h2-5H,6H2,1H3. The zero-order chi connectivity index (χ0) is 11.5. The van der Waals surface area contributed by atoms with Crippen molar-refractivity contribution in [1.82, 2.24) is 10.2 Å². The van der Waals surface area contributed by atoms with Crippen LogP contribution in [0.1, 0.15) is 17.3 Å². The number of hydrogen-bond acceptors (Lipinski definition) is 5. The number of para-hydroxylation sites is 1. The lowest BCUT2D eigenvalue weighted by Gasteiger charge is -1.98. The van der Waals surface area contributed by atoms with Crippen molar-refractivity contribution in [2.45, 2.75) is 13.3 Å². The van der Waals surface area contributed by atoms with Gasteiger partial charge in [0.15, 0.2) is 0 Å². The Morgan fingerprint density at radius 2 is 2.12 bits per heavy atom. The van der Waals surface area contributed by atoms with Gasteiger partial charge in [0, 0.05) is 18.6 Å². The molecule has 2 rings (SSSR count). The average molecular weight is 219 g/mol. The van der Waals surface area contributed by atoms with E-state index in [4.69, 9.17) is 4.42 Å². The molecule has 0 atom stereocenters. The molecule has 1 heterocycles. The molecular weight excluding hydrogens is 210 g/mol. The lowest BCUT2D eigenvalue weighted by atomic mass is 10.1. The van der Waals surface area contributed by atoms with Crippen LogP contribution in [0.3, 0.4) is 0 Å². The number of benzene rings is 1. The van der Waals surface area contributed by atoms with E-state index in [0.717, 1.165) is 0 Å². The van der Waals surface area contributed by atoms with Crippen LogP contribution in [0.2, 0.25) is 0 Å². The van der Waals surface area contributed by atoms with Crippen molar-refractivity contribution in [1.29, 1.82) is 0 Å². The van der Waals surface area contributed by atoms with Crippen molar-refractivity contribution in [2.24, 2.45) is 0 Å². The normalized spacial score (nSPS) is 10.3. The van der Waals surface area contributed by atoms with E-state index in [0.29, 0.717) is 17.3 Å². The first kappa shape index (κ1) is 10.3. The van der Waals surface area contributed by atoms with Gasteiger partial charge in [-0.25, -0.2) is 0 Å². The third-order valence-electron chi connectivity index (χ3n) is 2.10. The van der Waals surface area contributed by atoms with Gasteiger partial charge in [-0.05, 0) is 0 Å². The van der Waals surface area contributed by atoms with E-state index in [1.807, 2.05) is 0 Å². The smallest absolute Gasteiger partial charge is 0.273 e. The SMILES string of the molecule is Cc1nnc(Cc2ccccc2[N+](=O)[O-])o1. The maximum Gasteiger partial charge on any atom is 0.273 e. The highest BCUT2D eigenvalue weighted by atomic mass is 16.6. The predicted octanol–water partition coefficient (Wildman–Crippen LogP) is 1.88. The first-order chi connectivity index (χ1) is 7.66. The van der Waals surface area contributed by atoms with Crippen LogP contribution in [-0.4, -0.2) is 15.1 Å². The Bertz CT molecular complexity index is 522. The molecule has 0 saturated heterocycles. The van der Waals surface area contributed by atoms with Crippen LogP contribution < -0.4 is 0 Å². The van der Waals surface area contributed by atoms with Crippen molar-refractivity contribution in [3.8, 4) is 0 Å². The highest BCUT2D eigenvalue weighted by Gasteiger charge is 2.14. The third-order valence-corrected chi connectivity index (χ3v) is 2.10. The molecule has 6 nitrogen and oxygen atoms in total. The highest BCUT2D eigenvalue weighted by Crippen LogP contribution is 2.20. The molecule has 1 aromatic heterocycles. The van der Waals surface area contributed by atoms with Gasteiger partial charge in [0.05, 0.1) is 11.3 Å². The van der Waals surface area contributed by atoms with Gasteiger partial charge in [-0.3, -0.25) is 10.1 Å². The highest BCUT2D eigenvalue weighted by molar-refractivity contribution is 5.41. The molecule has 0 radical (unpaired) electrons. The summed E-state index contributed by atoms with van der Waals surface area (Å²) in [7, 11) is 0. The summed E-state index contributed by atoms with van der Waals surface area (Å²) in [4.78, 5) is 10.3. The molecule has 0 bridgehead atoms. The fraction of sp³-hybridized carbons (Fsp3) is 0.200. The molecule has 0 saturated carbocycles. The maximum absolute atomic E-state index is 10.8. The monoisotopic (exact) mass is 219 g/mol. The molecule has 0 aliphatic carbocycles. The van der Waals surface area contributed by atoms with Gasteiger partial charge < -0.3 is 4.42 Å². The van der Waals surface area contributed by atoms with E-state index in [1.165, 1.54) is 6.07 Å². The van der Waals surface area contributed by atoms with Crippen LogP contribution in [-0.2, 0) is 6.42 Å². The molecule has 0 spiro atoms. The van der Waals surface area contributed by atoms with Gasteiger partial charge in [0.1, 0.15) is 0 Å². The van der Waals surface area contributed by atoms with Crippen molar-refractivity contribution in [2.75, 3.05) is 0 Å². The van der Waals surface area contributed by atoms with Crippen molar-refractivity contribution >= 4 is 5.69 Å². The number of aryl methyl sites for hydroxylation is 1. The minimum atomic E-state index is -0.418. The van der Waals surface area contributed by atoms with Gasteiger partial charge in [-0.2, -0.15) is 0 Å². The molecule has 2 aromatic rings. The Hall–Kier alpha value is -2.24. The largest absolute Gasteiger partial charge is 0.425 e. The molecule has 0 fully saturated rings. The van der Waals surface area contributed by atoms with Gasteiger partial charge >= 0.3 is 0 Å². The Kier molecular flexibility index (Phi) is 2.63. The molecule has 0 N–H and O–H groups in total. The van der Waals surface area contributed by atoms with Crippen LogP contribution in [0.4, 0.5) is 5.69 Å². The minimum Gasteiger partial charge on any atom is -0.425 e. The van der Waals surface area contributed by atoms with Gasteiger partial charge in [0.2, 0.25) is 11.8 Å². The second kappa shape index (κ2) is 4.09. The fourth-order valence-electron chi connectivity index (χ4n) is 1.41. The van der Waals surface area contributed by atoms with E-state index in [1.54, 1.807) is 25.1 Å². The van der Waals surface area contributed by atoms with Gasteiger partial charge in [0.25, 0.3) is 5.69 Å². The maximum atomic E-state index is 10.8. The first-order valence-electron chi connectivity index (χ1n) is 4.68. The number of aromatic nitrogens is 2. The molecule has 0 aliphatic heterocycles. The molecule has 0 aliphatic rings. The quantitative estimate of drug-likeness (QED) is 0.581. The zero-order valence-electron chi connectivity index (χ0n) is 8.58. The topological polar surface area (TPSA) is 82.1 Å². The van der Waals surface area contributed by atoms with E-state index < -0.39 is 4.92 Å². The Balaban J connectivity index is 2.31. The third kappa shape index (κ3) is 2.05. The number of nitro groups is 1. The van der Waals surface area contributed by atoms with Gasteiger partial charge in [-0.15, -0.1) is 10.2 Å².